The van der Waals surface area contributed by atoms with Crippen LogP contribution in [0.2, 0.25) is 0 Å². The van der Waals surface area contributed by atoms with Gasteiger partial charge in [0.05, 0.1) is 11.3 Å². The number of carbonyl (C=O) groups is 2. The molecule has 0 radical (unpaired) electrons. The van der Waals surface area contributed by atoms with Gasteiger partial charge in [-0.3, -0.25) is 4.79 Å². The Bertz CT molecular complexity index is 526. The second kappa shape index (κ2) is 3.92. The lowest BCUT2D eigenvalue weighted by Crippen LogP contribution is -2.43. The fourth-order valence-electron chi connectivity index (χ4n) is 1.57. The van der Waals surface area contributed by atoms with Crippen LogP contribution in [-0.4, -0.2) is 21.7 Å². The molecule has 1 aromatic carbocycles. The van der Waals surface area contributed by atoms with E-state index in [1.165, 1.54) is 11.8 Å². The van der Waals surface area contributed by atoms with E-state index >= 15 is 0 Å². The van der Waals surface area contributed by atoms with Gasteiger partial charge in [0.25, 0.3) is 0 Å². The first kappa shape index (κ1) is 11.7. The summed E-state index contributed by atoms with van der Waals surface area (Å²) in [7, 11) is 0. The van der Waals surface area contributed by atoms with Gasteiger partial charge in [-0.25, -0.2) is 4.79 Å². The summed E-state index contributed by atoms with van der Waals surface area (Å²) in [5.74, 6) is -1.51. The highest BCUT2D eigenvalue weighted by Crippen LogP contribution is 2.45. The van der Waals surface area contributed by atoms with E-state index in [1.807, 2.05) is 18.2 Å². The molecule has 0 fully saturated rings. The zero-order valence-corrected chi connectivity index (χ0v) is 10.0. The maximum absolute atomic E-state index is 12.0. The Morgan fingerprint density at radius 1 is 1.47 bits per heavy atom. The number of carboxylic acid groups (broad SMARTS) is 1. The Hall–Kier alpha value is -1.75. The van der Waals surface area contributed by atoms with Crippen molar-refractivity contribution in [3.63, 3.8) is 0 Å². The Kier molecular flexibility index (Phi) is 2.71. The lowest BCUT2D eigenvalue weighted by molar-refractivity contribution is -0.134. The average Bonchev–Trinajstić information content (AvgIpc) is 2.29. The Balaban J connectivity index is 2.44. The number of amides is 1. The molecule has 1 aromatic rings. The van der Waals surface area contributed by atoms with Gasteiger partial charge < -0.3 is 10.4 Å². The van der Waals surface area contributed by atoms with Gasteiger partial charge in [-0.15, -0.1) is 11.8 Å². The number of hydrogen-bond acceptors (Lipinski definition) is 3. The van der Waals surface area contributed by atoms with Crippen molar-refractivity contribution >= 4 is 29.3 Å². The minimum atomic E-state index is -1.17. The second-order valence-electron chi connectivity index (χ2n) is 3.87. The second-order valence-corrected chi connectivity index (χ2v) is 5.33. The highest BCUT2D eigenvalue weighted by Gasteiger charge is 2.44. The standard InChI is InChI=1S/C12H11NO3S/c1-7(10(14)15)12(2)11(16)13-8-5-3-4-6-9(8)17-12/h3-6H,1H2,2H3,(H,13,16)(H,14,15). The summed E-state index contributed by atoms with van der Waals surface area (Å²) in [6.45, 7) is 5.06. The number of rotatable bonds is 2. The molecule has 0 spiro atoms. The number of carbonyl (C=O) groups excluding carboxylic acids is 1. The van der Waals surface area contributed by atoms with Gasteiger partial charge in [0.1, 0.15) is 4.75 Å². The molecule has 2 rings (SSSR count). The third-order valence-corrected chi connectivity index (χ3v) is 4.13. The third-order valence-electron chi connectivity index (χ3n) is 2.72. The van der Waals surface area contributed by atoms with Gasteiger partial charge in [-0.1, -0.05) is 18.7 Å². The molecular formula is C12H11NO3S. The van der Waals surface area contributed by atoms with Gasteiger partial charge in [0.2, 0.25) is 5.91 Å². The molecule has 0 aliphatic carbocycles. The van der Waals surface area contributed by atoms with Gasteiger partial charge in [-0.2, -0.15) is 0 Å². The zero-order valence-electron chi connectivity index (χ0n) is 9.19. The first-order valence-electron chi connectivity index (χ1n) is 4.97. The monoisotopic (exact) mass is 249 g/mol. The van der Waals surface area contributed by atoms with Crippen molar-refractivity contribution in [1.82, 2.24) is 0 Å². The average molecular weight is 249 g/mol. The van der Waals surface area contributed by atoms with Crippen molar-refractivity contribution in [2.45, 2.75) is 16.6 Å². The molecule has 0 bridgehead atoms. The molecule has 1 aliphatic heterocycles. The van der Waals surface area contributed by atoms with Crippen LogP contribution in [0, 0.1) is 0 Å². The molecule has 1 amide bonds. The number of nitrogens with one attached hydrogen (secondary N) is 1. The Labute approximate surface area is 103 Å². The van der Waals surface area contributed by atoms with Crippen LogP contribution in [0.15, 0.2) is 41.3 Å². The highest BCUT2D eigenvalue weighted by atomic mass is 32.2. The van der Waals surface area contributed by atoms with Crippen molar-refractivity contribution in [2.24, 2.45) is 0 Å². The number of benzene rings is 1. The van der Waals surface area contributed by atoms with Crippen molar-refractivity contribution in [3.05, 3.63) is 36.4 Å². The highest BCUT2D eigenvalue weighted by molar-refractivity contribution is 8.02. The molecule has 17 heavy (non-hydrogen) atoms. The number of hydrogen-bond donors (Lipinski definition) is 2. The lowest BCUT2D eigenvalue weighted by Gasteiger charge is -2.32. The maximum Gasteiger partial charge on any atom is 0.332 e. The molecule has 88 valence electrons. The maximum atomic E-state index is 12.0. The van der Waals surface area contributed by atoms with E-state index in [0.29, 0.717) is 5.69 Å². The molecule has 5 heteroatoms. The van der Waals surface area contributed by atoms with E-state index in [4.69, 9.17) is 5.11 Å². The molecule has 0 saturated heterocycles. The smallest absolute Gasteiger partial charge is 0.332 e. The Morgan fingerprint density at radius 3 is 2.76 bits per heavy atom. The minimum absolute atomic E-state index is 0.116. The van der Waals surface area contributed by atoms with Gasteiger partial charge in [0.15, 0.2) is 0 Å². The molecule has 2 N–H and O–H groups in total. The summed E-state index contributed by atoms with van der Waals surface area (Å²) in [5, 5.41) is 11.7. The van der Waals surface area contributed by atoms with Crippen molar-refractivity contribution < 1.29 is 14.7 Å². The number of anilines is 1. The number of para-hydroxylation sites is 1. The van der Waals surface area contributed by atoms with E-state index in [2.05, 4.69) is 11.9 Å². The molecule has 1 atom stereocenters. The van der Waals surface area contributed by atoms with E-state index in [9.17, 15) is 9.59 Å². The fourth-order valence-corrected chi connectivity index (χ4v) is 2.74. The van der Waals surface area contributed by atoms with Gasteiger partial charge in [-0.05, 0) is 19.1 Å². The molecule has 1 unspecified atom stereocenters. The Morgan fingerprint density at radius 2 is 2.12 bits per heavy atom. The van der Waals surface area contributed by atoms with Crippen LogP contribution < -0.4 is 5.32 Å². The molecule has 1 aliphatic rings. The predicted octanol–water partition coefficient (Wildman–Crippen LogP) is 2.13. The van der Waals surface area contributed by atoms with Crippen LogP contribution in [0.1, 0.15) is 6.92 Å². The quantitative estimate of drug-likeness (QED) is 0.788. The first-order chi connectivity index (χ1) is 7.95. The van der Waals surface area contributed by atoms with Crippen LogP contribution >= 0.6 is 11.8 Å². The summed E-state index contributed by atoms with van der Waals surface area (Å²) < 4.78 is -1.17. The molecule has 1 heterocycles. The number of thioether (sulfide) groups is 1. The molecule has 0 aromatic heterocycles. The number of carboxylic acids is 1. The van der Waals surface area contributed by atoms with E-state index in [-0.39, 0.29) is 11.5 Å². The van der Waals surface area contributed by atoms with Crippen LogP contribution in [0.4, 0.5) is 5.69 Å². The number of fused-ring (bicyclic) bond motifs is 1. The summed E-state index contributed by atoms with van der Waals surface area (Å²) in [4.78, 5) is 23.8. The van der Waals surface area contributed by atoms with Crippen LogP contribution in [0.3, 0.4) is 0 Å². The first-order valence-corrected chi connectivity index (χ1v) is 5.79. The van der Waals surface area contributed by atoms with Gasteiger partial charge >= 0.3 is 5.97 Å². The summed E-state index contributed by atoms with van der Waals surface area (Å²) in [6, 6.07) is 7.28. The summed E-state index contributed by atoms with van der Waals surface area (Å²) in [5.41, 5.74) is 0.590. The summed E-state index contributed by atoms with van der Waals surface area (Å²) in [6.07, 6.45) is 0. The summed E-state index contributed by atoms with van der Waals surface area (Å²) >= 11 is 1.21. The van der Waals surface area contributed by atoms with Crippen molar-refractivity contribution in [2.75, 3.05) is 5.32 Å². The van der Waals surface area contributed by atoms with Crippen LogP contribution in [-0.2, 0) is 9.59 Å². The molecule has 4 nitrogen and oxygen atoms in total. The third kappa shape index (κ3) is 1.82. The topological polar surface area (TPSA) is 66.4 Å². The lowest BCUT2D eigenvalue weighted by atomic mass is 10.0. The van der Waals surface area contributed by atoms with E-state index in [0.717, 1.165) is 4.90 Å². The van der Waals surface area contributed by atoms with E-state index in [1.54, 1.807) is 13.0 Å². The van der Waals surface area contributed by atoms with Crippen LogP contribution in [0.25, 0.3) is 0 Å². The SMILES string of the molecule is C=C(C(=O)O)C1(C)Sc2ccccc2NC1=O. The minimum Gasteiger partial charge on any atom is -0.478 e. The van der Waals surface area contributed by atoms with Crippen molar-refractivity contribution in [1.29, 1.82) is 0 Å². The normalized spacial score (nSPS) is 22.5. The molecule has 0 saturated carbocycles. The van der Waals surface area contributed by atoms with Gasteiger partial charge in [0, 0.05) is 4.90 Å². The zero-order chi connectivity index (χ0) is 12.6. The fraction of sp³-hybridized carbons (Fsp3) is 0.167. The van der Waals surface area contributed by atoms with Crippen molar-refractivity contribution in [3.8, 4) is 0 Å². The number of aliphatic carboxylic acids is 1. The van der Waals surface area contributed by atoms with E-state index < -0.39 is 10.7 Å². The predicted molar refractivity (Wildman–Crippen MR) is 66.1 cm³/mol. The largest absolute Gasteiger partial charge is 0.478 e. The molecular weight excluding hydrogens is 238 g/mol. The van der Waals surface area contributed by atoms with Crippen LogP contribution in [0.5, 0.6) is 0 Å².